The highest BCUT2D eigenvalue weighted by Gasteiger charge is 2.40. The van der Waals surface area contributed by atoms with E-state index in [0.29, 0.717) is 22.2 Å². The highest BCUT2D eigenvalue weighted by atomic mass is 35.5. The largest absolute Gasteiger partial charge is 0.479 e. The highest BCUT2D eigenvalue weighted by molar-refractivity contribution is 6.30. The average molecular weight is 348 g/mol. The molecule has 1 atom stereocenters. The number of halogens is 1. The van der Waals surface area contributed by atoms with Crippen molar-refractivity contribution in [2.45, 2.75) is 37.8 Å². The molecule has 6 nitrogen and oxygen atoms in total. The Kier molecular flexibility index (Phi) is 4.32. The summed E-state index contributed by atoms with van der Waals surface area (Å²) < 4.78 is 1.76. The van der Waals surface area contributed by atoms with Crippen molar-refractivity contribution in [2.75, 3.05) is 0 Å². The Hall–Kier alpha value is -2.34. The summed E-state index contributed by atoms with van der Waals surface area (Å²) in [7, 11) is 0. The van der Waals surface area contributed by atoms with Gasteiger partial charge in [-0.2, -0.15) is 5.10 Å². The monoisotopic (exact) mass is 347 g/mol. The molecular formula is C17H18ClN3O3. The molecule has 1 aromatic heterocycles. The second-order valence-electron chi connectivity index (χ2n) is 5.97. The van der Waals surface area contributed by atoms with Crippen molar-refractivity contribution in [2.24, 2.45) is 0 Å². The van der Waals surface area contributed by atoms with Crippen molar-refractivity contribution in [3.05, 3.63) is 52.8 Å². The van der Waals surface area contributed by atoms with E-state index in [1.807, 2.05) is 0 Å². The summed E-state index contributed by atoms with van der Waals surface area (Å²) in [5.74, 6) is -1.57. The van der Waals surface area contributed by atoms with Gasteiger partial charge in [0.2, 0.25) is 0 Å². The molecule has 1 fully saturated rings. The van der Waals surface area contributed by atoms with E-state index in [2.05, 4.69) is 10.4 Å². The molecule has 1 aliphatic carbocycles. The standard InChI is InChI=1S/C17H18ClN3O3/c1-2-17(16(23)24,12-3-5-13(18)6-4-12)20-15(22)11-9-19-21(10-11)14-7-8-14/h3-6,9-10,14H,2,7-8H2,1H3,(H,20,22)(H,23,24). The Balaban J connectivity index is 1.89. The van der Waals surface area contributed by atoms with Crippen LogP contribution < -0.4 is 5.32 Å². The van der Waals surface area contributed by atoms with Crippen LogP contribution in [-0.2, 0) is 10.3 Å². The van der Waals surface area contributed by atoms with E-state index in [1.165, 1.54) is 6.20 Å². The van der Waals surface area contributed by atoms with Gasteiger partial charge in [-0.1, -0.05) is 30.7 Å². The number of benzene rings is 1. The third-order valence-corrected chi connectivity index (χ3v) is 4.60. The van der Waals surface area contributed by atoms with Gasteiger partial charge in [-0.15, -0.1) is 0 Å². The van der Waals surface area contributed by atoms with Crippen LogP contribution >= 0.6 is 11.6 Å². The maximum atomic E-state index is 12.6. The Morgan fingerprint density at radius 2 is 2.04 bits per heavy atom. The lowest BCUT2D eigenvalue weighted by Crippen LogP contribution is -2.51. The number of aromatic nitrogens is 2. The number of carboxylic acid groups (broad SMARTS) is 1. The Bertz CT molecular complexity index is 768. The van der Waals surface area contributed by atoms with Gasteiger partial charge < -0.3 is 10.4 Å². The maximum absolute atomic E-state index is 12.6. The third-order valence-electron chi connectivity index (χ3n) is 4.34. The van der Waals surface area contributed by atoms with Crippen molar-refractivity contribution in [3.8, 4) is 0 Å². The maximum Gasteiger partial charge on any atom is 0.334 e. The normalized spacial score (nSPS) is 16.4. The van der Waals surface area contributed by atoms with Crippen molar-refractivity contribution in [1.29, 1.82) is 0 Å². The zero-order valence-electron chi connectivity index (χ0n) is 13.2. The molecule has 1 aromatic carbocycles. The summed E-state index contributed by atoms with van der Waals surface area (Å²) in [6, 6.07) is 6.82. The van der Waals surface area contributed by atoms with Crippen LogP contribution in [0.3, 0.4) is 0 Å². The molecule has 0 spiro atoms. The molecule has 3 rings (SSSR count). The Morgan fingerprint density at radius 3 is 2.58 bits per heavy atom. The van der Waals surface area contributed by atoms with Gasteiger partial charge in [0, 0.05) is 11.2 Å². The molecule has 7 heteroatoms. The summed E-state index contributed by atoms with van der Waals surface area (Å²) >= 11 is 5.88. The molecule has 1 saturated carbocycles. The number of carbonyl (C=O) groups is 2. The first kappa shape index (κ1) is 16.5. The first-order chi connectivity index (χ1) is 11.5. The zero-order chi connectivity index (χ0) is 17.3. The van der Waals surface area contributed by atoms with Crippen molar-refractivity contribution < 1.29 is 14.7 Å². The predicted molar refractivity (Wildman–Crippen MR) is 89.0 cm³/mol. The molecule has 1 heterocycles. The second-order valence-corrected chi connectivity index (χ2v) is 6.40. The van der Waals surface area contributed by atoms with Gasteiger partial charge in [-0.25, -0.2) is 4.79 Å². The van der Waals surface area contributed by atoms with Crippen LogP contribution in [0.1, 0.15) is 48.1 Å². The van der Waals surface area contributed by atoms with Gasteiger partial charge in [-0.05, 0) is 37.0 Å². The minimum Gasteiger partial charge on any atom is -0.479 e. The quantitative estimate of drug-likeness (QED) is 0.841. The second kappa shape index (κ2) is 6.28. The fourth-order valence-corrected chi connectivity index (χ4v) is 2.81. The van der Waals surface area contributed by atoms with Gasteiger partial charge in [0.1, 0.15) is 0 Å². The van der Waals surface area contributed by atoms with Crippen LogP contribution in [0.4, 0.5) is 0 Å². The first-order valence-corrected chi connectivity index (χ1v) is 8.20. The van der Waals surface area contributed by atoms with Crippen LogP contribution in [0.5, 0.6) is 0 Å². The number of nitrogens with zero attached hydrogens (tertiary/aromatic N) is 2. The zero-order valence-corrected chi connectivity index (χ0v) is 14.0. The van der Waals surface area contributed by atoms with Crippen LogP contribution in [-0.4, -0.2) is 26.8 Å². The average Bonchev–Trinajstić information content (AvgIpc) is 3.30. The number of hydrogen-bond acceptors (Lipinski definition) is 3. The van der Waals surface area contributed by atoms with Gasteiger partial charge in [0.15, 0.2) is 5.54 Å². The molecule has 1 amide bonds. The van der Waals surface area contributed by atoms with Crippen molar-refractivity contribution in [1.82, 2.24) is 15.1 Å². The van der Waals surface area contributed by atoms with Crippen LogP contribution in [0, 0.1) is 0 Å². The fraction of sp³-hybridized carbons (Fsp3) is 0.353. The topological polar surface area (TPSA) is 84.2 Å². The van der Waals surface area contributed by atoms with Crippen molar-refractivity contribution in [3.63, 3.8) is 0 Å². The van der Waals surface area contributed by atoms with Crippen LogP contribution in [0.2, 0.25) is 5.02 Å². The minimum absolute atomic E-state index is 0.201. The molecule has 0 bridgehead atoms. The lowest BCUT2D eigenvalue weighted by molar-refractivity contribution is -0.145. The van der Waals surface area contributed by atoms with Gasteiger partial charge in [-0.3, -0.25) is 9.48 Å². The molecule has 126 valence electrons. The summed E-state index contributed by atoms with van der Waals surface area (Å²) in [6.45, 7) is 1.72. The molecule has 2 aromatic rings. The number of carboxylic acids is 1. The van der Waals surface area contributed by atoms with E-state index < -0.39 is 17.4 Å². The van der Waals surface area contributed by atoms with Gasteiger partial charge >= 0.3 is 5.97 Å². The number of hydrogen-bond donors (Lipinski definition) is 2. The van der Waals surface area contributed by atoms with E-state index in [-0.39, 0.29) is 6.42 Å². The minimum atomic E-state index is -1.51. The van der Waals surface area contributed by atoms with E-state index in [1.54, 1.807) is 42.1 Å². The molecule has 24 heavy (non-hydrogen) atoms. The van der Waals surface area contributed by atoms with E-state index >= 15 is 0 Å². The summed E-state index contributed by atoms with van der Waals surface area (Å²) in [6.07, 6.45) is 5.45. The van der Waals surface area contributed by atoms with Crippen molar-refractivity contribution >= 4 is 23.5 Å². The number of aliphatic carboxylic acids is 1. The lowest BCUT2D eigenvalue weighted by Gasteiger charge is -2.29. The highest BCUT2D eigenvalue weighted by Crippen LogP contribution is 2.34. The summed E-state index contributed by atoms with van der Waals surface area (Å²) in [5, 5.41) is 17.1. The fourth-order valence-electron chi connectivity index (χ4n) is 2.69. The molecule has 2 N–H and O–H groups in total. The number of nitrogens with one attached hydrogen (secondary N) is 1. The molecule has 1 aliphatic rings. The molecular weight excluding hydrogens is 330 g/mol. The van der Waals surface area contributed by atoms with E-state index in [4.69, 9.17) is 11.6 Å². The Morgan fingerprint density at radius 1 is 1.38 bits per heavy atom. The van der Waals surface area contributed by atoms with E-state index in [0.717, 1.165) is 12.8 Å². The molecule has 1 unspecified atom stereocenters. The Labute approximate surface area is 144 Å². The molecule has 0 aliphatic heterocycles. The summed E-state index contributed by atoms with van der Waals surface area (Å²) in [5.41, 5.74) is -0.677. The van der Waals surface area contributed by atoms with Crippen LogP contribution in [0.15, 0.2) is 36.7 Å². The number of rotatable bonds is 6. The van der Waals surface area contributed by atoms with Gasteiger partial charge in [0.25, 0.3) is 5.91 Å². The van der Waals surface area contributed by atoms with Crippen LogP contribution in [0.25, 0.3) is 0 Å². The first-order valence-electron chi connectivity index (χ1n) is 7.82. The number of carbonyl (C=O) groups excluding carboxylic acids is 1. The predicted octanol–water partition coefficient (Wildman–Crippen LogP) is 2.99. The SMILES string of the molecule is CCC(NC(=O)c1cnn(C2CC2)c1)(C(=O)O)c1ccc(Cl)cc1. The number of amides is 1. The lowest BCUT2D eigenvalue weighted by atomic mass is 9.87. The van der Waals surface area contributed by atoms with E-state index in [9.17, 15) is 14.7 Å². The molecule has 0 saturated heterocycles. The third kappa shape index (κ3) is 3.01. The smallest absolute Gasteiger partial charge is 0.334 e. The van der Waals surface area contributed by atoms with Gasteiger partial charge in [0.05, 0.1) is 17.8 Å². The molecule has 0 radical (unpaired) electrons. The summed E-state index contributed by atoms with van der Waals surface area (Å²) in [4.78, 5) is 24.5.